The van der Waals surface area contributed by atoms with Crippen LogP contribution in [0.3, 0.4) is 0 Å². The third kappa shape index (κ3) is 7.12. The molecule has 146 valence electrons. The predicted molar refractivity (Wildman–Crippen MR) is 106 cm³/mol. The van der Waals surface area contributed by atoms with E-state index >= 15 is 0 Å². The van der Waals surface area contributed by atoms with Crippen molar-refractivity contribution >= 4 is 38.9 Å². The van der Waals surface area contributed by atoms with Crippen LogP contribution in [0.1, 0.15) is 25.7 Å². The van der Waals surface area contributed by atoms with Gasteiger partial charge in [-0.25, -0.2) is 17.9 Å². The van der Waals surface area contributed by atoms with Gasteiger partial charge in [-0.2, -0.15) is 0 Å². The van der Waals surface area contributed by atoms with E-state index in [-0.39, 0.29) is 13.2 Å². The second-order valence-corrected chi connectivity index (χ2v) is 9.11. The summed E-state index contributed by atoms with van der Waals surface area (Å²) in [5.41, 5.74) is 2.83. The van der Waals surface area contributed by atoms with Crippen molar-refractivity contribution in [1.82, 2.24) is 4.72 Å². The van der Waals surface area contributed by atoms with E-state index in [0.29, 0.717) is 17.0 Å². The summed E-state index contributed by atoms with van der Waals surface area (Å²) in [6, 6.07) is 8.89. The summed E-state index contributed by atoms with van der Waals surface area (Å²) in [7, 11) is -3.23. The SMILES string of the molecule is Cc1ccc(NC(=O)COC(=O)c2ccc(CCNS(C)(=O)=O)s2)cc1C. The molecule has 27 heavy (non-hydrogen) atoms. The summed E-state index contributed by atoms with van der Waals surface area (Å²) in [5.74, 6) is -1.00. The van der Waals surface area contributed by atoms with Crippen molar-refractivity contribution in [2.75, 3.05) is 24.7 Å². The van der Waals surface area contributed by atoms with E-state index in [4.69, 9.17) is 4.74 Å². The minimum absolute atomic E-state index is 0.256. The number of amides is 1. The minimum Gasteiger partial charge on any atom is -0.451 e. The van der Waals surface area contributed by atoms with E-state index in [1.807, 2.05) is 26.0 Å². The molecule has 0 unspecified atom stereocenters. The molecule has 9 heteroatoms. The van der Waals surface area contributed by atoms with Gasteiger partial charge in [0.15, 0.2) is 6.61 Å². The van der Waals surface area contributed by atoms with Gasteiger partial charge in [0, 0.05) is 17.1 Å². The number of carbonyl (C=O) groups is 2. The molecule has 0 saturated heterocycles. The number of aryl methyl sites for hydroxylation is 2. The molecule has 1 aromatic carbocycles. The highest BCUT2D eigenvalue weighted by Gasteiger charge is 2.13. The molecule has 0 bridgehead atoms. The topological polar surface area (TPSA) is 102 Å². The average Bonchev–Trinajstić information content (AvgIpc) is 3.04. The number of anilines is 1. The van der Waals surface area contributed by atoms with Crippen LogP contribution < -0.4 is 10.0 Å². The summed E-state index contributed by atoms with van der Waals surface area (Å²) in [6.07, 6.45) is 1.56. The molecule has 2 N–H and O–H groups in total. The fourth-order valence-electron chi connectivity index (χ4n) is 2.20. The highest BCUT2D eigenvalue weighted by molar-refractivity contribution is 7.88. The van der Waals surface area contributed by atoms with Crippen LogP contribution in [0.4, 0.5) is 5.69 Å². The van der Waals surface area contributed by atoms with Crippen LogP contribution in [0.5, 0.6) is 0 Å². The average molecular weight is 411 g/mol. The number of sulfonamides is 1. The molecule has 1 aromatic heterocycles. The van der Waals surface area contributed by atoms with Crippen molar-refractivity contribution in [2.24, 2.45) is 0 Å². The second kappa shape index (κ2) is 9.12. The predicted octanol–water partition coefficient (Wildman–Crippen LogP) is 2.25. The molecule has 0 radical (unpaired) electrons. The Morgan fingerprint density at radius 2 is 1.85 bits per heavy atom. The molecule has 0 spiro atoms. The van der Waals surface area contributed by atoms with Crippen molar-refractivity contribution in [3.8, 4) is 0 Å². The molecule has 0 aliphatic rings. The second-order valence-electron chi connectivity index (χ2n) is 6.11. The lowest BCUT2D eigenvalue weighted by Crippen LogP contribution is -2.24. The van der Waals surface area contributed by atoms with Gasteiger partial charge < -0.3 is 10.1 Å². The first kappa shape index (κ1) is 21.1. The largest absolute Gasteiger partial charge is 0.451 e. The van der Waals surface area contributed by atoms with Crippen LogP contribution >= 0.6 is 11.3 Å². The number of ether oxygens (including phenoxy) is 1. The number of carbonyl (C=O) groups excluding carboxylic acids is 2. The van der Waals surface area contributed by atoms with Crippen molar-refractivity contribution in [1.29, 1.82) is 0 Å². The maximum absolute atomic E-state index is 12.0. The molecule has 0 aliphatic carbocycles. The van der Waals surface area contributed by atoms with Crippen molar-refractivity contribution in [3.05, 3.63) is 51.2 Å². The Balaban J connectivity index is 1.81. The van der Waals surface area contributed by atoms with Crippen LogP contribution in [0.2, 0.25) is 0 Å². The molecule has 0 saturated carbocycles. The van der Waals surface area contributed by atoms with Crippen LogP contribution in [0.15, 0.2) is 30.3 Å². The van der Waals surface area contributed by atoms with Gasteiger partial charge in [0.25, 0.3) is 5.91 Å². The summed E-state index contributed by atoms with van der Waals surface area (Å²) in [4.78, 5) is 25.2. The number of rotatable bonds is 8. The van der Waals surface area contributed by atoms with Crippen molar-refractivity contribution in [2.45, 2.75) is 20.3 Å². The minimum atomic E-state index is -3.23. The Morgan fingerprint density at radius 1 is 1.11 bits per heavy atom. The third-order valence-corrected chi connectivity index (χ3v) is 5.58. The maximum Gasteiger partial charge on any atom is 0.348 e. The first-order valence-electron chi connectivity index (χ1n) is 8.21. The molecule has 7 nitrogen and oxygen atoms in total. The number of benzene rings is 1. The number of hydrogen-bond donors (Lipinski definition) is 2. The molecule has 0 atom stereocenters. The zero-order chi connectivity index (χ0) is 20.0. The van der Waals surface area contributed by atoms with Gasteiger partial charge in [0.1, 0.15) is 4.88 Å². The molecular weight excluding hydrogens is 388 g/mol. The summed E-state index contributed by atoms with van der Waals surface area (Å²) >= 11 is 1.21. The number of nitrogens with one attached hydrogen (secondary N) is 2. The van der Waals surface area contributed by atoms with Crippen molar-refractivity contribution < 1.29 is 22.7 Å². The Morgan fingerprint density at radius 3 is 2.52 bits per heavy atom. The molecular formula is C18H22N2O5S2. The maximum atomic E-state index is 12.0. The van der Waals surface area contributed by atoms with Gasteiger partial charge in [-0.1, -0.05) is 6.07 Å². The molecule has 2 aromatic rings. The van der Waals surface area contributed by atoms with E-state index in [1.54, 1.807) is 18.2 Å². The van der Waals surface area contributed by atoms with Gasteiger partial charge in [-0.05, 0) is 55.7 Å². The zero-order valence-electron chi connectivity index (χ0n) is 15.4. The first-order chi connectivity index (χ1) is 12.6. The quantitative estimate of drug-likeness (QED) is 0.650. The van der Waals surface area contributed by atoms with Crippen LogP contribution in [-0.4, -0.2) is 39.7 Å². The molecule has 1 heterocycles. The molecule has 0 aliphatic heterocycles. The van der Waals surface area contributed by atoms with Crippen LogP contribution in [0, 0.1) is 13.8 Å². The van der Waals surface area contributed by atoms with Crippen LogP contribution in [0.25, 0.3) is 0 Å². The lowest BCUT2D eigenvalue weighted by atomic mass is 10.1. The number of hydrogen-bond acceptors (Lipinski definition) is 6. The Bertz CT molecular complexity index is 935. The normalized spacial score (nSPS) is 11.2. The highest BCUT2D eigenvalue weighted by atomic mass is 32.2. The van der Waals surface area contributed by atoms with Gasteiger partial charge in [0.2, 0.25) is 10.0 Å². The summed E-state index contributed by atoms with van der Waals surface area (Å²) < 4.78 is 29.5. The van der Waals surface area contributed by atoms with E-state index in [0.717, 1.165) is 22.3 Å². The van der Waals surface area contributed by atoms with Gasteiger partial charge in [-0.15, -0.1) is 11.3 Å². The summed E-state index contributed by atoms with van der Waals surface area (Å²) in [6.45, 7) is 3.81. The fraction of sp³-hybridized carbons (Fsp3) is 0.333. The van der Waals surface area contributed by atoms with Gasteiger partial charge in [0.05, 0.1) is 6.26 Å². The lowest BCUT2D eigenvalue weighted by Gasteiger charge is -2.08. The zero-order valence-corrected chi connectivity index (χ0v) is 17.0. The van der Waals surface area contributed by atoms with E-state index in [9.17, 15) is 18.0 Å². The van der Waals surface area contributed by atoms with Crippen molar-refractivity contribution in [3.63, 3.8) is 0 Å². The van der Waals surface area contributed by atoms with E-state index in [1.165, 1.54) is 11.3 Å². The van der Waals surface area contributed by atoms with Gasteiger partial charge in [-0.3, -0.25) is 4.79 Å². The van der Waals surface area contributed by atoms with Crippen LogP contribution in [-0.2, 0) is 26.0 Å². The number of thiophene rings is 1. The van der Waals surface area contributed by atoms with Gasteiger partial charge >= 0.3 is 5.97 Å². The highest BCUT2D eigenvalue weighted by Crippen LogP contribution is 2.18. The van der Waals surface area contributed by atoms with E-state index < -0.39 is 21.9 Å². The molecule has 1 amide bonds. The summed E-state index contributed by atoms with van der Waals surface area (Å²) in [5, 5.41) is 2.69. The number of esters is 1. The standard InChI is InChI=1S/C18H22N2O5S2/c1-12-4-5-14(10-13(12)2)20-17(21)11-25-18(22)16-7-6-15(26-16)8-9-19-27(3,23)24/h4-7,10,19H,8-9,11H2,1-3H3,(H,20,21). The lowest BCUT2D eigenvalue weighted by molar-refractivity contribution is -0.119. The van der Waals surface area contributed by atoms with E-state index in [2.05, 4.69) is 10.0 Å². The smallest absolute Gasteiger partial charge is 0.348 e. The fourth-order valence-corrected chi connectivity index (χ4v) is 3.57. The Labute approximate surface area is 162 Å². The Kier molecular flexibility index (Phi) is 7.11. The Hall–Kier alpha value is -2.23. The molecule has 2 rings (SSSR count). The third-order valence-electron chi connectivity index (χ3n) is 3.72. The molecule has 0 fully saturated rings. The first-order valence-corrected chi connectivity index (χ1v) is 10.9. The monoisotopic (exact) mass is 410 g/mol.